The molecular formula is C10H19N3O2. The summed E-state index contributed by atoms with van der Waals surface area (Å²) >= 11 is 0. The Morgan fingerprint density at radius 3 is 2.87 bits per heavy atom. The van der Waals surface area contributed by atoms with E-state index in [4.69, 9.17) is 0 Å². The molecule has 1 N–H and O–H groups in total. The van der Waals surface area contributed by atoms with Gasteiger partial charge in [0.2, 0.25) is 5.91 Å². The normalized spacial score (nSPS) is 17.6. The molecular weight excluding hydrogens is 194 g/mol. The second-order valence-corrected chi connectivity index (χ2v) is 3.82. The molecule has 15 heavy (non-hydrogen) atoms. The summed E-state index contributed by atoms with van der Waals surface area (Å²) in [5.74, 6) is 0.0131. The van der Waals surface area contributed by atoms with Gasteiger partial charge in [-0.2, -0.15) is 0 Å². The molecule has 0 spiro atoms. The number of urea groups is 1. The monoisotopic (exact) mass is 213 g/mol. The first kappa shape index (κ1) is 11.8. The van der Waals surface area contributed by atoms with E-state index in [0.717, 1.165) is 19.4 Å². The minimum absolute atomic E-state index is 0.0131. The molecule has 1 rings (SSSR count). The summed E-state index contributed by atoms with van der Waals surface area (Å²) in [7, 11) is 1.77. The lowest BCUT2D eigenvalue weighted by molar-refractivity contribution is -0.129. The highest BCUT2D eigenvalue weighted by Crippen LogP contribution is 2.02. The van der Waals surface area contributed by atoms with Crippen molar-refractivity contribution < 1.29 is 9.59 Å². The number of nitrogens with one attached hydrogen (secondary N) is 1. The predicted octanol–water partition coefficient (Wildman–Crippen LogP) is 0.270. The summed E-state index contributed by atoms with van der Waals surface area (Å²) in [5, 5.41) is 2.78. The van der Waals surface area contributed by atoms with Crippen LogP contribution < -0.4 is 5.32 Å². The van der Waals surface area contributed by atoms with E-state index in [2.05, 4.69) is 5.32 Å². The van der Waals surface area contributed by atoms with Gasteiger partial charge in [-0.05, 0) is 12.8 Å². The molecule has 5 nitrogen and oxygen atoms in total. The van der Waals surface area contributed by atoms with Gasteiger partial charge in [-0.15, -0.1) is 0 Å². The number of carbonyl (C=O) groups is 2. The van der Waals surface area contributed by atoms with Gasteiger partial charge < -0.3 is 15.1 Å². The molecule has 0 unspecified atom stereocenters. The number of likely N-dealkylation sites (N-methyl/N-ethyl adjacent to an activating group) is 1. The number of carbonyl (C=O) groups excluding carboxylic acids is 2. The number of nitrogens with zero attached hydrogens (tertiary/aromatic N) is 2. The quantitative estimate of drug-likeness (QED) is 0.716. The van der Waals surface area contributed by atoms with Crippen LogP contribution in [0.1, 0.15) is 19.8 Å². The molecule has 0 aromatic heterocycles. The molecule has 1 fully saturated rings. The van der Waals surface area contributed by atoms with Gasteiger partial charge in [0.25, 0.3) is 0 Å². The Bertz CT molecular complexity index is 243. The van der Waals surface area contributed by atoms with E-state index < -0.39 is 0 Å². The average Bonchev–Trinajstić information content (AvgIpc) is 2.38. The van der Waals surface area contributed by atoms with Gasteiger partial charge in [0.05, 0.1) is 0 Å². The largest absolute Gasteiger partial charge is 0.344 e. The van der Waals surface area contributed by atoms with E-state index >= 15 is 0 Å². The van der Waals surface area contributed by atoms with Crippen LogP contribution in [-0.4, -0.2) is 55.0 Å². The average molecular weight is 213 g/mol. The van der Waals surface area contributed by atoms with E-state index in [-0.39, 0.29) is 18.5 Å². The molecule has 1 aliphatic rings. The summed E-state index contributed by atoms with van der Waals surface area (Å²) in [5.41, 5.74) is 0. The molecule has 1 heterocycles. The molecule has 0 aliphatic carbocycles. The molecule has 86 valence electrons. The smallest absolute Gasteiger partial charge is 0.317 e. The molecule has 1 saturated heterocycles. The van der Waals surface area contributed by atoms with Crippen LogP contribution in [0, 0.1) is 0 Å². The van der Waals surface area contributed by atoms with Crippen molar-refractivity contribution in [3.05, 3.63) is 0 Å². The zero-order valence-electron chi connectivity index (χ0n) is 9.45. The third kappa shape index (κ3) is 3.42. The van der Waals surface area contributed by atoms with Crippen LogP contribution in [0.5, 0.6) is 0 Å². The zero-order valence-corrected chi connectivity index (χ0v) is 9.45. The SMILES string of the molecule is CCCNC(=O)N1CCCN(C)C(=O)C1. The van der Waals surface area contributed by atoms with Crippen molar-refractivity contribution in [2.75, 3.05) is 33.2 Å². The number of hydrogen-bond acceptors (Lipinski definition) is 2. The summed E-state index contributed by atoms with van der Waals surface area (Å²) in [6, 6.07) is -0.125. The van der Waals surface area contributed by atoms with Gasteiger partial charge in [0.15, 0.2) is 0 Å². The third-order valence-electron chi connectivity index (χ3n) is 2.49. The lowest BCUT2D eigenvalue weighted by Gasteiger charge is -2.19. The fourth-order valence-corrected chi connectivity index (χ4v) is 1.50. The van der Waals surface area contributed by atoms with E-state index in [9.17, 15) is 9.59 Å². The molecule has 0 atom stereocenters. The van der Waals surface area contributed by atoms with Crippen molar-refractivity contribution in [2.45, 2.75) is 19.8 Å². The molecule has 0 radical (unpaired) electrons. The molecule has 0 bridgehead atoms. The maximum Gasteiger partial charge on any atom is 0.317 e. The molecule has 1 aliphatic heterocycles. The molecule has 0 saturated carbocycles. The van der Waals surface area contributed by atoms with Gasteiger partial charge in [0.1, 0.15) is 6.54 Å². The second kappa shape index (κ2) is 5.58. The summed E-state index contributed by atoms with van der Waals surface area (Å²) in [6.07, 6.45) is 1.76. The highest BCUT2D eigenvalue weighted by atomic mass is 16.2. The first-order valence-electron chi connectivity index (χ1n) is 5.42. The topological polar surface area (TPSA) is 52.7 Å². The van der Waals surface area contributed by atoms with Crippen LogP contribution in [0.25, 0.3) is 0 Å². The fraction of sp³-hybridized carbons (Fsp3) is 0.800. The van der Waals surface area contributed by atoms with E-state index in [0.29, 0.717) is 13.1 Å². The van der Waals surface area contributed by atoms with Gasteiger partial charge in [-0.1, -0.05) is 6.92 Å². The molecule has 3 amide bonds. The van der Waals surface area contributed by atoms with E-state index in [1.807, 2.05) is 6.92 Å². The van der Waals surface area contributed by atoms with Crippen molar-refractivity contribution in [1.82, 2.24) is 15.1 Å². The first-order chi connectivity index (χ1) is 7.15. The van der Waals surface area contributed by atoms with Crippen molar-refractivity contribution in [2.24, 2.45) is 0 Å². The van der Waals surface area contributed by atoms with Crippen molar-refractivity contribution >= 4 is 11.9 Å². The standard InChI is InChI=1S/C10H19N3O2/c1-3-5-11-10(15)13-7-4-6-12(2)9(14)8-13/h3-8H2,1-2H3,(H,11,15). The van der Waals surface area contributed by atoms with Crippen LogP contribution in [-0.2, 0) is 4.79 Å². The highest BCUT2D eigenvalue weighted by molar-refractivity contribution is 5.84. The van der Waals surface area contributed by atoms with Gasteiger partial charge in [-0.25, -0.2) is 4.79 Å². The maximum atomic E-state index is 11.6. The van der Waals surface area contributed by atoms with Crippen LogP contribution in [0.2, 0.25) is 0 Å². The zero-order chi connectivity index (χ0) is 11.3. The minimum Gasteiger partial charge on any atom is -0.344 e. The van der Waals surface area contributed by atoms with Gasteiger partial charge in [-0.3, -0.25) is 4.79 Å². The molecule has 0 aromatic rings. The number of hydrogen-bond donors (Lipinski definition) is 1. The Morgan fingerprint density at radius 1 is 1.47 bits per heavy atom. The van der Waals surface area contributed by atoms with E-state index in [1.54, 1.807) is 16.8 Å². The van der Waals surface area contributed by atoms with Crippen LogP contribution in [0.3, 0.4) is 0 Å². The Balaban J connectivity index is 2.47. The minimum atomic E-state index is -0.125. The van der Waals surface area contributed by atoms with Crippen LogP contribution in [0.15, 0.2) is 0 Å². The Kier molecular flexibility index (Phi) is 4.39. The van der Waals surface area contributed by atoms with Crippen molar-refractivity contribution in [1.29, 1.82) is 0 Å². The van der Waals surface area contributed by atoms with Gasteiger partial charge in [0, 0.05) is 26.7 Å². The Morgan fingerprint density at radius 2 is 2.20 bits per heavy atom. The molecule has 0 aromatic carbocycles. The predicted molar refractivity (Wildman–Crippen MR) is 57.5 cm³/mol. The van der Waals surface area contributed by atoms with E-state index in [1.165, 1.54) is 0 Å². The maximum absolute atomic E-state index is 11.6. The van der Waals surface area contributed by atoms with Crippen molar-refractivity contribution in [3.63, 3.8) is 0 Å². The Hall–Kier alpha value is -1.26. The highest BCUT2D eigenvalue weighted by Gasteiger charge is 2.22. The van der Waals surface area contributed by atoms with Crippen LogP contribution in [0.4, 0.5) is 4.79 Å². The summed E-state index contributed by atoms with van der Waals surface area (Å²) in [6.45, 7) is 4.26. The lowest BCUT2D eigenvalue weighted by Crippen LogP contribution is -2.43. The van der Waals surface area contributed by atoms with Gasteiger partial charge >= 0.3 is 6.03 Å². The van der Waals surface area contributed by atoms with Crippen LogP contribution >= 0.6 is 0 Å². The summed E-state index contributed by atoms with van der Waals surface area (Å²) < 4.78 is 0. The Labute approximate surface area is 90.4 Å². The molecule has 5 heteroatoms. The third-order valence-corrected chi connectivity index (χ3v) is 2.49. The first-order valence-corrected chi connectivity index (χ1v) is 5.42. The van der Waals surface area contributed by atoms with Crippen molar-refractivity contribution in [3.8, 4) is 0 Å². The lowest BCUT2D eigenvalue weighted by atomic mass is 10.4. The summed E-state index contributed by atoms with van der Waals surface area (Å²) in [4.78, 5) is 26.4. The second-order valence-electron chi connectivity index (χ2n) is 3.82. The fourth-order valence-electron chi connectivity index (χ4n) is 1.50. The number of rotatable bonds is 2. The number of amides is 3.